The van der Waals surface area contributed by atoms with E-state index in [9.17, 15) is 4.39 Å². The summed E-state index contributed by atoms with van der Waals surface area (Å²) < 4.78 is 13.7. The Morgan fingerprint density at radius 2 is 1.79 bits per heavy atom. The third-order valence-electron chi connectivity index (χ3n) is 5.56. The number of amidine groups is 1. The van der Waals surface area contributed by atoms with Gasteiger partial charge >= 0.3 is 0 Å². The number of rotatable bonds is 3. The van der Waals surface area contributed by atoms with Crippen LogP contribution in [-0.4, -0.2) is 53.9 Å². The zero-order chi connectivity index (χ0) is 21.4. The number of anilines is 1. The van der Waals surface area contributed by atoms with E-state index < -0.39 is 0 Å². The van der Waals surface area contributed by atoms with Gasteiger partial charge in [-0.25, -0.2) is 10.2 Å². The number of benzene rings is 1. The zero-order valence-electron chi connectivity index (χ0n) is 18.8. The highest BCUT2D eigenvalue weighted by atomic mass is 19.1. The van der Waals surface area contributed by atoms with Crippen molar-refractivity contribution in [2.45, 2.75) is 73.4 Å². The van der Waals surface area contributed by atoms with Crippen LogP contribution in [0.5, 0.6) is 0 Å². The van der Waals surface area contributed by atoms with E-state index in [2.05, 4.69) is 9.80 Å². The lowest BCUT2D eigenvalue weighted by Crippen LogP contribution is -2.57. The first-order valence-corrected chi connectivity index (χ1v) is 10.8. The van der Waals surface area contributed by atoms with E-state index in [1.54, 1.807) is 13.0 Å². The van der Waals surface area contributed by atoms with Crippen LogP contribution in [0.1, 0.15) is 58.6 Å². The molecular weight excluding hydrogens is 353 g/mol. The summed E-state index contributed by atoms with van der Waals surface area (Å²) in [6.07, 6.45) is 2.53. The van der Waals surface area contributed by atoms with Gasteiger partial charge in [-0.3, -0.25) is 20.2 Å². The fraction of sp³-hybridized carbons (Fsp3) is 0.682. The van der Waals surface area contributed by atoms with Gasteiger partial charge in [-0.15, -0.1) is 0 Å². The summed E-state index contributed by atoms with van der Waals surface area (Å²) >= 11 is 0. The van der Waals surface area contributed by atoms with Gasteiger partial charge < -0.3 is 0 Å². The quantitative estimate of drug-likeness (QED) is 0.347. The summed E-state index contributed by atoms with van der Waals surface area (Å²) in [6, 6.07) is 3.78. The Morgan fingerprint density at radius 1 is 1.14 bits per heavy atom. The molecule has 2 heterocycles. The molecule has 5 nitrogen and oxygen atoms in total. The molecule has 0 aromatic heterocycles. The van der Waals surface area contributed by atoms with Crippen LogP contribution in [0.25, 0.3) is 0 Å². The molecule has 0 aliphatic carbocycles. The zero-order valence-corrected chi connectivity index (χ0v) is 18.8. The molecular formula is C22H40FN5. The largest absolute Gasteiger partial charge is 0.298 e. The van der Waals surface area contributed by atoms with Gasteiger partial charge in [0.05, 0.1) is 11.7 Å². The molecule has 2 aliphatic rings. The molecule has 0 spiro atoms. The molecule has 2 fully saturated rings. The molecule has 0 bridgehead atoms. The van der Waals surface area contributed by atoms with E-state index >= 15 is 0 Å². The van der Waals surface area contributed by atoms with E-state index in [4.69, 9.17) is 11.3 Å². The lowest BCUT2D eigenvalue weighted by molar-refractivity contribution is 0.0946. The van der Waals surface area contributed by atoms with Gasteiger partial charge in [0.15, 0.2) is 0 Å². The fourth-order valence-electron chi connectivity index (χ4n) is 3.90. The maximum absolute atomic E-state index is 13.7. The maximum Gasteiger partial charge on any atom is 0.132 e. The van der Waals surface area contributed by atoms with Crippen LogP contribution in [0.4, 0.5) is 10.1 Å². The van der Waals surface area contributed by atoms with Crippen LogP contribution >= 0.6 is 0 Å². The molecule has 0 saturated carbocycles. The van der Waals surface area contributed by atoms with Crippen molar-refractivity contribution in [3.8, 4) is 0 Å². The van der Waals surface area contributed by atoms with Crippen LogP contribution in [0.3, 0.4) is 0 Å². The van der Waals surface area contributed by atoms with Crippen LogP contribution in [0.15, 0.2) is 12.1 Å². The Bertz CT molecular complexity index is 634. The van der Waals surface area contributed by atoms with Crippen molar-refractivity contribution in [3.05, 3.63) is 29.1 Å². The number of halogens is 1. The van der Waals surface area contributed by atoms with E-state index in [1.165, 1.54) is 30.5 Å². The number of aryl methyl sites for hydroxylation is 2. The minimum Gasteiger partial charge on any atom is -0.298 e. The van der Waals surface area contributed by atoms with E-state index in [0.29, 0.717) is 23.1 Å². The molecule has 2 atom stereocenters. The van der Waals surface area contributed by atoms with Gasteiger partial charge in [-0.05, 0) is 63.4 Å². The van der Waals surface area contributed by atoms with Crippen molar-refractivity contribution in [1.82, 2.24) is 9.80 Å². The number of hydrazine groups is 1. The van der Waals surface area contributed by atoms with Crippen molar-refractivity contribution in [1.29, 1.82) is 5.41 Å². The smallest absolute Gasteiger partial charge is 0.132 e. The van der Waals surface area contributed by atoms with Crippen molar-refractivity contribution >= 4 is 11.5 Å². The molecule has 0 amide bonds. The first-order chi connectivity index (χ1) is 13.4. The van der Waals surface area contributed by atoms with Crippen LogP contribution in [-0.2, 0) is 0 Å². The molecule has 2 saturated heterocycles. The predicted molar refractivity (Wildman–Crippen MR) is 119 cm³/mol. The fourth-order valence-corrected chi connectivity index (χ4v) is 3.90. The van der Waals surface area contributed by atoms with Crippen molar-refractivity contribution in [2.24, 2.45) is 5.84 Å². The second-order valence-corrected chi connectivity index (χ2v) is 7.15. The highest BCUT2D eigenvalue weighted by Gasteiger charge is 2.34. The second kappa shape index (κ2) is 11.5. The summed E-state index contributed by atoms with van der Waals surface area (Å²) in [5.41, 5.74) is 1.99. The lowest BCUT2D eigenvalue weighted by Gasteiger charge is -2.41. The minimum atomic E-state index is -0.235. The molecule has 0 radical (unpaired) electrons. The van der Waals surface area contributed by atoms with Crippen molar-refractivity contribution < 1.29 is 4.39 Å². The molecule has 1 aromatic rings. The minimum absolute atomic E-state index is 0.0532. The van der Waals surface area contributed by atoms with Crippen LogP contribution in [0, 0.1) is 25.1 Å². The second-order valence-electron chi connectivity index (χ2n) is 7.15. The molecule has 160 valence electrons. The van der Waals surface area contributed by atoms with Crippen molar-refractivity contribution in [2.75, 3.05) is 31.2 Å². The average Bonchev–Trinajstić information content (AvgIpc) is 3.20. The molecule has 2 unspecified atom stereocenters. The monoisotopic (exact) mass is 393 g/mol. The van der Waals surface area contributed by atoms with E-state index in [-0.39, 0.29) is 11.9 Å². The number of piperazine rings is 1. The van der Waals surface area contributed by atoms with Crippen LogP contribution in [0.2, 0.25) is 0 Å². The molecule has 28 heavy (non-hydrogen) atoms. The van der Waals surface area contributed by atoms with Gasteiger partial charge in [0.1, 0.15) is 11.7 Å². The molecule has 2 aliphatic heterocycles. The van der Waals surface area contributed by atoms with Gasteiger partial charge in [0.25, 0.3) is 0 Å². The van der Waals surface area contributed by atoms with E-state index in [0.717, 1.165) is 25.2 Å². The Kier molecular flexibility index (Phi) is 10.1. The maximum atomic E-state index is 13.7. The lowest BCUT2D eigenvalue weighted by atomic mass is 10.1. The third-order valence-corrected chi connectivity index (χ3v) is 5.56. The number of nitrogens with two attached hydrogens (primary N) is 1. The Labute approximate surface area is 171 Å². The van der Waals surface area contributed by atoms with Crippen molar-refractivity contribution in [3.63, 3.8) is 0 Å². The molecule has 1 aromatic carbocycles. The first-order valence-electron chi connectivity index (χ1n) is 10.8. The normalized spacial score (nSPS) is 20.2. The summed E-state index contributed by atoms with van der Waals surface area (Å²) in [7, 11) is 0. The Balaban J connectivity index is 0.000000921. The van der Waals surface area contributed by atoms with Gasteiger partial charge in [0.2, 0.25) is 0 Å². The Morgan fingerprint density at radius 3 is 2.43 bits per heavy atom. The standard InChI is InChI=1S/C18H28FN5.2C2H6/c1-12-10-17(13(2)9-16(12)19)24(21)18(20)14(3)23-8-7-22-6-4-5-15(22)11-23;2*1-2/h9-10,14-15,20H,4-8,11,21H2,1-3H3;2*1-2H3. The first kappa shape index (κ1) is 24.5. The van der Waals surface area contributed by atoms with E-state index in [1.807, 2.05) is 41.5 Å². The number of nitrogens with zero attached hydrogens (tertiary/aromatic N) is 3. The highest BCUT2D eigenvalue weighted by Crippen LogP contribution is 2.25. The molecule has 3 N–H and O–H groups in total. The summed E-state index contributed by atoms with van der Waals surface area (Å²) in [5.74, 6) is 6.34. The SMILES string of the molecule is CC.CC.Cc1cc(N(N)C(=N)C(C)N2CCN3CCCC3C2)c(C)cc1F. The molecule has 3 rings (SSSR count). The van der Waals surface area contributed by atoms with Crippen LogP contribution < -0.4 is 10.9 Å². The molecule has 6 heteroatoms. The predicted octanol–water partition coefficient (Wildman–Crippen LogP) is 4.32. The number of hydrogen-bond donors (Lipinski definition) is 2. The Hall–Kier alpha value is -1.50. The number of hydrogen-bond acceptors (Lipinski definition) is 4. The summed E-state index contributed by atoms with van der Waals surface area (Å²) in [5, 5.41) is 9.95. The summed E-state index contributed by atoms with van der Waals surface area (Å²) in [6.45, 7) is 17.8. The van der Waals surface area contributed by atoms with Gasteiger partial charge in [0, 0.05) is 25.7 Å². The summed E-state index contributed by atoms with van der Waals surface area (Å²) in [4.78, 5) is 4.90. The average molecular weight is 394 g/mol. The van der Waals surface area contributed by atoms with Gasteiger partial charge in [-0.1, -0.05) is 27.7 Å². The number of nitrogens with one attached hydrogen (secondary N) is 1. The third kappa shape index (κ3) is 5.52. The highest BCUT2D eigenvalue weighted by molar-refractivity contribution is 5.98. The topological polar surface area (TPSA) is 59.6 Å². The van der Waals surface area contributed by atoms with Gasteiger partial charge in [-0.2, -0.15) is 0 Å². The number of fused-ring (bicyclic) bond motifs is 1.